The second-order valence-corrected chi connectivity index (χ2v) is 3.97. The van der Waals surface area contributed by atoms with Crippen LogP contribution in [0.1, 0.15) is 28.8 Å². The Labute approximate surface area is 94.2 Å². The van der Waals surface area contributed by atoms with Crippen LogP contribution >= 0.6 is 11.6 Å². The van der Waals surface area contributed by atoms with Gasteiger partial charge in [0.2, 0.25) is 0 Å². The van der Waals surface area contributed by atoms with Crippen LogP contribution in [-0.4, -0.2) is 18.3 Å². The number of rotatable bonds is 4. The zero-order chi connectivity index (χ0) is 10.7. The number of fused-ring (bicyclic) bond motifs is 1. The lowest BCUT2D eigenvalue weighted by atomic mass is 10.1. The van der Waals surface area contributed by atoms with Crippen LogP contribution in [-0.2, 0) is 6.42 Å². The van der Waals surface area contributed by atoms with Crippen molar-refractivity contribution in [2.24, 2.45) is 0 Å². The molecule has 0 heterocycles. The highest BCUT2D eigenvalue weighted by Crippen LogP contribution is 2.30. The van der Waals surface area contributed by atoms with Crippen LogP contribution in [0.5, 0.6) is 5.75 Å². The van der Waals surface area contributed by atoms with E-state index >= 15 is 0 Å². The highest BCUT2D eigenvalue weighted by molar-refractivity contribution is 6.17. The summed E-state index contributed by atoms with van der Waals surface area (Å²) in [5.74, 6) is 1.68. The van der Waals surface area contributed by atoms with Crippen LogP contribution in [0.15, 0.2) is 18.2 Å². The highest BCUT2D eigenvalue weighted by atomic mass is 35.5. The van der Waals surface area contributed by atoms with Crippen molar-refractivity contribution in [2.75, 3.05) is 12.5 Å². The largest absolute Gasteiger partial charge is 0.493 e. The van der Waals surface area contributed by atoms with E-state index in [1.165, 1.54) is 0 Å². The highest BCUT2D eigenvalue weighted by Gasteiger charge is 2.22. The lowest BCUT2D eigenvalue weighted by Crippen LogP contribution is -2.01. The number of hydrogen-bond donors (Lipinski definition) is 0. The lowest BCUT2D eigenvalue weighted by Gasteiger charge is -2.09. The van der Waals surface area contributed by atoms with Crippen molar-refractivity contribution in [3.63, 3.8) is 0 Å². The van der Waals surface area contributed by atoms with Gasteiger partial charge in [-0.3, -0.25) is 4.79 Å². The molecular weight excluding hydrogens is 212 g/mol. The summed E-state index contributed by atoms with van der Waals surface area (Å²) in [6.45, 7) is 0.619. The van der Waals surface area contributed by atoms with E-state index in [1.807, 2.05) is 18.2 Å². The Bertz CT molecular complexity index is 374. The standard InChI is InChI=1S/C12H13ClO2/c13-7-2-8-15-12-4-1-3-9-10(12)5-6-11(9)14/h1,3-4H,2,5-8H2. The first-order valence-electron chi connectivity index (χ1n) is 5.17. The van der Waals surface area contributed by atoms with Gasteiger partial charge in [-0.1, -0.05) is 12.1 Å². The molecule has 0 spiro atoms. The Balaban J connectivity index is 2.15. The van der Waals surface area contributed by atoms with Crippen LogP contribution < -0.4 is 4.74 Å². The average Bonchev–Trinajstić information content (AvgIpc) is 2.62. The molecule has 1 aliphatic carbocycles. The van der Waals surface area contributed by atoms with Crippen molar-refractivity contribution in [1.29, 1.82) is 0 Å². The summed E-state index contributed by atoms with van der Waals surface area (Å²) in [5.41, 5.74) is 1.90. The lowest BCUT2D eigenvalue weighted by molar-refractivity contribution is 0.0994. The smallest absolute Gasteiger partial charge is 0.163 e. The number of carbonyl (C=O) groups is 1. The number of ketones is 1. The molecule has 0 atom stereocenters. The number of hydrogen-bond acceptors (Lipinski definition) is 2. The molecule has 1 aliphatic rings. The Morgan fingerprint density at radius 1 is 1.33 bits per heavy atom. The van der Waals surface area contributed by atoms with Gasteiger partial charge >= 0.3 is 0 Å². The van der Waals surface area contributed by atoms with Gasteiger partial charge in [-0.25, -0.2) is 0 Å². The molecule has 1 aromatic carbocycles. The van der Waals surface area contributed by atoms with Gasteiger partial charge in [-0.15, -0.1) is 11.6 Å². The molecule has 2 nitrogen and oxygen atoms in total. The summed E-state index contributed by atoms with van der Waals surface area (Å²) in [6.07, 6.45) is 2.26. The van der Waals surface area contributed by atoms with Crippen LogP contribution in [0.3, 0.4) is 0 Å². The van der Waals surface area contributed by atoms with Crippen molar-refractivity contribution in [3.05, 3.63) is 29.3 Å². The molecule has 0 fully saturated rings. The molecule has 0 unspecified atom stereocenters. The molecular formula is C12H13ClO2. The summed E-state index contributed by atoms with van der Waals surface area (Å²) in [4.78, 5) is 11.5. The molecule has 0 radical (unpaired) electrons. The molecule has 3 heteroatoms. The molecule has 0 bridgehead atoms. The van der Waals surface area contributed by atoms with E-state index in [-0.39, 0.29) is 5.78 Å². The third-order valence-electron chi connectivity index (χ3n) is 2.57. The SMILES string of the molecule is O=C1CCc2c(OCCCCl)cccc21. The predicted molar refractivity (Wildman–Crippen MR) is 59.9 cm³/mol. The Morgan fingerprint density at radius 2 is 2.20 bits per heavy atom. The first-order chi connectivity index (χ1) is 7.33. The molecule has 0 saturated carbocycles. The summed E-state index contributed by atoms with van der Waals surface area (Å²) in [5, 5.41) is 0. The first kappa shape index (κ1) is 10.5. The number of Topliss-reactive ketones (excluding diaryl/α,β-unsaturated/α-hetero) is 1. The number of benzene rings is 1. The van der Waals surface area contributed by atoms with Crippen LogP contribution in [0.2, 0.25) is 0 Å². The quantitative estimate of drug-likeness (QED) is 0.581. The minimum Gasteiger partial charge on any atom is -0.493 e. The number of alkyl halides is 1. The van der Waals surface area contributed by atoms with Crippen LogP contribution in [0, 0.1) is 0 Å². The van der Waals surface area contributed by atoms with E-state index in [9.17, 15) is 4.79 Å². The number of halogens is 1. The molecule has 80 valence electrons. The van der Waals surface area contributed by atoms with Crippen molar-refractivity contribution in [1.82, 2.24) is 0 Å². The second-order valence-electron chi connectivity index (χ2n) is 3.60. The third-order valence-corrected chi connectivity index (χ3v) is 2.84. The van der Waals surface area contributed by atoms with E-state index in [4.69, 9.17) is 16.3 Å². The summed E-state index contributed by atoms with van der Waals surface area (Å²) in [6, 6.07) is 5.67. The van der Waals surface area contributed by atoms with Gasteiger partial charge in [-0.05, 0) is 18.9 Å². The fourth-order valence-corrected chi connectivity index (χ4v) is 1.94. The minimum absolute atomic E-state index is 0.229. The Kier molecular flexibility index (Phi) is 3.27. The van der Waals surface area contributed by atoms with Crippen molar-refractivity contribution >= 4 is 17.4 Å². The maximum atomic E-state index is 11.5. The van der Waals surface area contributed by atoms with E-state index < -0.39 is 0 Å². The zero-order valence-corrected chi connectivity index (χ0v) is 9.22. The normalized spacial score (nSPS) is 14.1. The van der Waals surface area contributed by atoms with E-state index in [0.29, 0.717) is 18.9 Å². The molecule has 0 N–H and O–H groups in total. The molecule has 2 rings (SSSR count). The fourth-order valence-electron chi connectivity index (χ4n) is 1.83. The van der Waals surface area contributed by atoms with Crippen LogP contribution in [0.4, 0.5) is 0 Å². The van der Waals surface area contributed by atoms with E-state index in [1.54, 1.807) is 0 Å². The van der Waals surface area contributed by atoms with E-state index in [0.717, 1.165) is 29.7 Å². The van der Waals surface area contributed by atoms with Gasteiger partial charge in [0.05, 0.1) is 6.61 Å². The van der Waals surface area contributed by atoms with Gasteiger partial charge < -0.3 is 4.74 Å². The third kappa shape index (κ3) is 2.15. The van der Waals surface area contributed by atoms with Crippen molar-refractivity contribution in [2.45, 2.75) is 19.3 Å². The molecule has 0 aromatic heterocycles. The monoisotopic (exact) mass is 224 g/mol. The molecule has 15 heavy (non-hydrogen) atoms. The predicted octanol–water partition coefficient (Wildman–Crippen LogP) is 2.82. The van der Waals surface area contributed by atoms with Crippen molar-refractivity contribution < 1.29 is 9.53 Å². The van der Waals surface area contributed by atoms with Crippen molar-refractivity contribution in [3.8, 4) is 5.75 Å². The molecule has 0 saturated heterocycles. The summed E-state index contributed by atoms with van der Waals surface area (Å²) in [7, 11) is 0. The van der Waals surface area contributed by atoms with Gasteiger partial charge in [0.15, 0.2) is 5.78 Å². The Hall–Kier alpha value is -1.02. The average molecular weight is 225 g/mol. The Morgan fingerprint density at radius 3 is 3.00 bits per heavy atom. The number of carbonyl (C=O) groups excluding carboxylic acids is 1. The van der Waals surface area contributed by atoms with Gasteiger partial charge in [0.25, 0.3) is 0 Å². The zero-order valence-electron chi connectivity index (χ0n) is 8.46. The molecule has 0 amide bonds. The summed E-state index contributed by atoms with van der Waals surface area (Å²) < 4.78 is 5.60. The topological polar surface area (TPSA) is 26.3 Å². The van der Waals surface area contributed by atoms with Gasteiger partial charge in [0.1, 0.15) is 5.75 Å². The maximum absolute atomic E-state index is 11.5. The second kappa shape index (κ2) is 4.67. The van der Waals surface area contributed by atoms with Crippen LogP contribution in [0.25, 0.3) is 0 Å². The van der Waals surface area contributed by atoms with Gasteiger partial charge in [-0.2, -0.15) is 0 Å². The first-order valence-corrected chi connectivity index (χ1v) is 5.70. The number of ether oxygens (including phenoxy) is 1. The summed E-state index contributed by atoms with van der Waals surface area (Å²) >= 11 is 5.57. The molecule has 1 aromatic rings. The minimum atomic E-state index is 0.229. The van der Waals surface area contributed by atoms with Gasteiger partial charge in [0, 0.05) is 23.4 Å². The maximum Gasteiger partial charge on any atom is 0.163 e. The molecule has 0 aliphatic heterocycles. The van der Waals surface area contributed by atoms with E-state index in [2.05, 4.69) is 0 Å². The fraction of sp³-hybridized carbons (Fsp3) is 0.417.